The summed E-state index contributed by atoms with van der Waals surface area (Å²) in [5.41, 5.74) is 0.719. The minimum Gasteiger partial charge on any atom is -0.367 e. The maximum absolute atomic E-state index is 9.51. The van der Waals surface area contributed by atoms with Gasteiger partial charge in [-0.3, -0.25) is 0 Å². The van der Waals surface area contributed by atoms with Gasteiger partial charge < -0.3 is 5.32 Å². The van der Waals surface area contributed by atoms with Gasteiger partial charge in [-0.1, -0.05) is 50.3 Å². The van der Waals surface area contributed by atoms with E-state index in [1.165, 1.54) is 19.3 Å². The summed E-state index contributed by atoms with van der Waals surface area (Å²) in [5.74, 6) is 0. The molecule has 2 rings (SSSR count). The summed E-state index contributed by atoms with van der Waals surface area (Å²) in [5, 5.41) is 13.0. The zero-order chi connectivity index (χ0) is 12.0. The Morgan fingerprint density at radius 2 is 1.53 bits per heavy atom. The second kappa shape index (κ2) is 5.72. The maximum Gasteiger partial charge on any atom is 0.125 e. The van der Waals surface area contributed by atoms with Crippen molar-refractivity contribution in [3.8, 4) is 6.07 Å². The van der Waals surface area contributed by atoms with E-state index in [2.05, 4.69) is 11.4 Å². The Labute approximate surface area is 104 Å². The molecule has 90 valence electrons. The third-order valence-corrected chi connectivity index (χ3v) is 3.58. The van der Waals surface area contributed by atoms with Crippen LogP contribution in [0.25, 0.3) is 0 Å². The molecule has 17 heavy (non-hydrogen) atoms. The van der Waals surface area contributed by atoms with Crippen molar-refractivity contribution in [3.05, 3.63) is 30.3 Å². The molecule has 0 saturated heterocycles. The van der Waals surface area contributed by atoms with Gasteiger partial charge in [0.25, 0.3) is 0 Å². The molecule has 0 aliphatic heterocycles. The molecule has 1 aliphatic carbocycles. The number of nitrogens with one attached hydrogen (secondary N) is 1. The number of rotatable bonds is 2. The fourth-order valence-electron chi connectivity index (χ4n) is 2.57. The van der Waals surface area contributed by atoms with Crippen LogP contribution in [-0.2, 0) is 0 Å². The van der Waals surface area contributed by atoms with E-state index >= 15 is 0 Å². The van der Waals surface area contributed by atoms with E-state index < -0.39 is 0 Å². The largest absolute Gasteiger partial charge is 0.367 e. The lowest BCUT2D eigenvalue weighted by molar-refractivity contribution is 0.410. The Balaban J connectivity index is 2.10. The fraction of sp³-hybridized carbons (Fsp3) is 0.533. The van der Waals surface area contributed by atoms with Crippen LogP contribution >= 0.6 is 0 Å². The van der Waals surface area contributed by atoms with Gasteiger partial charge in [-0.15, -0.1) is 0 Å². The summed E-state index contributed by atoms with van der Waals surface area (Å²) < 4.78 is 0. The maximum atomic E-state index is 9.51. The minimum absolute atomic E-state index is 0.345. The van der Waals surface area contributed by atoms with Crippen molar-refractivity contribution in [3.63, 3.8) is 0 Å². The van der Waals surface area contributed by atoms with E-state index in [4.69, 9.17) is 0 Å². The Hall–Kier alpha value is -1.49. The first kappa shape index (κ1) is 12.0. The molecule has 0 radical (unpaired) electrons. The van der Waals surface area contributed by atoms with Gasteiger partial charge in [0.05, 0.1) is 6.07 Å². The van der Waals surface area contributed by atoms with E-state index in [1.54, 1.807) is 0 Å². The highest BCUT2D eigenvalue weighted by Gasteiger charge is 2.29. The molecule has 2 heteroatoms. The molecule has 0 heterocycles. The van der Waals surface area contributed by atoms with Crippen LogP contribution in [0.2, 0.25) is 0 Å². The number of para-hydroxylation sites is 1. The topological polar surface area (TPSA) is 35.8 Å². The van der Waals surface area contributed by atoms with Gasteiger partial charge in [-0.2, -0.15) is 5.26 Å². The molecule has 1 aromatic carbocycles. The molecule has 0 unspecified atom stereocenters. The molecule has 0 atom stereocenters. The van der Waals surface area contributed by atoms with E-state index in [-0.39, 0.29) is 5.54 Å². The van der Waals surface area contributed by atoms with Gasteiger partial charge in [0.2, 0.25) is 0 Å². The average Bonchev–Trinajstić information content (AvgIpc) is 2.34. The number of nitrogens with zero attached hydrogens (tertiary/aromatic N) is 1. The molecular formula is C15H20N2. The lowest BCUT2D eigenvalue weighted by Gasteiger charge is -2.30. The van der Waals surface area contributed by atoms with E-state index in [9.17, 15) is 5.26 Å². The van der Waals surface area contributed by atoms with Crippen molar-refractivity contribution >= 4 is 5.69 Å². The van der Waals surface area contributed by atoms with Gasteiger partial charge >= 0.3 is 0 Å². The van der Waals surface area contributed by atoms with Crippen LogP contribution in [0, 0.1) is 11.3 Å². The molecule has 0 bridgehead atoms. The van der Waals surface area contributed by atoms with Crippen LogP contribution in [0.1, 0.15) is 44.9 Å². The summed E-state index contributed by atoms with van der Waals surface area (Å²) in [4.78, 5) is 0. The summed E-state index contributed by atoms with van der Waals surface area (Å²) in [6.07, 6.45) is 8.12. The average molecular weight is 228 g/mol. The first-order valence-electron chi connectivity index (χ1n) is 6.59. The molecule has 1 saturated carbocycles. The summed E-state index contributed by atoms with van der Waals surface area (Å²) in [6.45, 7) is 0. The van der Waals surface area contributed by atoms with Crippen LogP contribution in [0.15, 0.2) is 30.3 Å². The lowest BCUT2D eigenvalue weighted by Crippen LogP contribution is -2.37. The van der Waals surface area contributed by atoms with Crippen LogP contribution < -0.4 is 5.32 Å². The van der Waals surface area contributed by atoms with Gasteiger partial charge in [0, 0.05) is 5.69 Å². The molecule has 1 fully saturated rings. The Morgan fingerprint density at radius 3 is 2.12 bits per heavy atom. The Morgan fingerprint density at radius 1 is 0.941 bits per heavy atom. The number of benzene rings is 1. The second-order valence-electron chi connectivity index (χ2n) is 4.95. The quantitative estimate of drug-likeness (QED) is 0.827. The minimum atomic E-state index is -0.345. The van der Waals surface area contributed by atoms with E-state index in [0.29, 0.717) is 0 Å². The standard InChI is InChI=1S/C15H20N2/c16-13-15(11-7-2-1-3-8-12-15)17-14-9-5-4-6-10-14/h4-6,9-10,17H,1-3,7-8,11-12H2. The van der Waals surface area contributed by atoms with Crippen molar-refractivity contribution in [2.45, 2.75) is 50.5 Å². The summed E-state index contributed by atoms with van der Waals surface area (Å²) >= 11 is 0. The highest BCUT2D eigenvalue weighted by molar-refractivity contribution is 5.47. The number of hydrogen-bond acceptors (Lipinski definition) is 2. The SMILES string of the molecule is N#CC1(Nc2ccccc2)CCCCCCC1. The first-order valence-corrected chi connectivity index (χ1v) is 6.59. The molecule has 2 nitrogen and oxygen atoms in total. The highest BCUT2D eigenvalue weighted by Crippen LogP contribution is 2.29. The zero-order valence-electron chi connectivity index (χ0n) is 10.3. The smallest absolute Gasteiger partial charge is 0.125 e. The van der Waals surface area contributed by atoms with Gasteiger partial charge in [-0.25, -0.2) is 0 Å². The molecule has 1 aliphatic rings. The number of anilines is 1. The molecule has 1 aromatic rings. The normalized spacial score (nSPS) is 19.7. The van der Waals surface area contributed by atoms with E-state index in [0.717, 1.165) is 31.4 Å². The monoisotopic (exact) mass is 228 g/mol. The van der Waals surface area contributed by atoms with Gasteiger partial charge in [-0.05, 0) is 25.0 Å². The third-order valence-electron chi connectivity index (χ3n) is 3.58. The van der Waals surface area contributed by atoms with Gasteiger partial charge in [0.1, 0.15) is 5.54 Å². The fourth-order valence-corrected chi connectivity index (χ4v) is 2.57. The Kier molecular flexibility index (Phi) is 4.03. The predicted octanol–water partition coefficient (Wildman–Crippen LogP) is 4.11. The van der Waals surface area contributed by atoms with Crippen molar-refractivity contribution < 1.29 is 0 Å². The van der Waals surface area contributed by atoms with Crippen LogP contribution in [0.3, 0.4) is 0 Å². The van der Waals surface area contributed by atoms with Crippen molar-refractivity contribution in [1.29, 1.82) is 5.26 Å². The van der Waals surface area contributed by atoms with Crippen LogP contribution in [0.4, 0.5) is 5.69 Å². The number of nitriles is 1. The van der Waals surface area contributed by atoms with Crippen molar-refractivity contribution in [1.82, 2.24) is 0 Å². The number of hydrogen-bond donors (Lipinski definition) is 1. The lowest BCUT2D eigenvalue weighted by atomic mass is 9.85. The highest BCUT2D eigenvalue weighted by atomic mass is 15.0. The summed E-state index contributed by atoms with van der Waals surface area (Å²) in [7, 11) is 0. The van der Waals surface area contributed by atoms with Crippen LogP contribution in [0.5, 0.6) is 0 Å². The zero-order valence-corrected chi connectivity index (χ0v) is 10.3. The molecule has 0 spiro atoms. The van der Waals surface area contributed by atoms with Crippen molar-refractivity contribution in [2.75, 3.05) is 5.32 Å². The summed E-state index contributed by atoms with van der Waals surface area (Å²) in [6, 6.07) is 12.6. The van der Waals surface area contributed by atoms with E-state index in [1.807, 2.05) is 30.3 Å². The molecule has 0 amide bonds. The molecule has 0 aromatic heterocycles. The van der Waals surface area contributed by atoms with Crippen LogP contribution in [-0.4, -0.2) is 5.54 Å². The molecular weight excluding hydrogens is 208 g/mol. The molecule has 1 N–H and O–H groups in total. The Bertz CT molecular complexity index is 370. The third kappa shape index (κ3) is 3.23. The second-order valence-corrected chi connectivity index (χ2v) is 4.95. The predicted molar refractivity (Wildman–Crippen MR) is 70.7 cm³/mol. The van der Waals surface area contributed by atoms with Crippen molar-refractivity contribution in [2.24, 2.45) is 0 Å². The first-order chi connectivity index (χ1) is 8.35. The van der Waals surface area contributed by atoms with Gasteiger partial charge in [0.15, 0.2) is 0 Å².